The van der Waals surface area contributed by atoms with Gasteiger partial charge in [-0.15, -0.1) is 0 Å². The van der Waals surface area contributed by atoms with Gasteiger partial charge in [0.15, 0.2) is 0 Å². The summed E-state index contributed by atoms with van der Waals surface area (Å²) in [6.07, 6.45) is 2.52. The summed E-state index contributed by atoms with van der Waals surface area (Å²) in [6.45, 7) is 5.80. The molecule has 0 aromatic heterocycles. The molecule has 0 radical (unpaired) electrons. The van der Waals surface area contributed by atoms with E-state index in [0.29, 0.717) is 25.4 Å². The molecule has 0 spiro atoms. The molecule has 0 unspecified atom stereocenters. The molecule has 1 fully saturated rings. The van der Waals surface area contributed by atoms with E-state index in [1.54, 1.807) is 4.90 Å². The van der Waals surface area contributed by atoms with Crippen LogP contribution in [-0.4, -0.2) is 63.8 Å². The van der Waals surface area contributed by atoms with Gasteiger partial charge in [0, 0.05) is 58.7 Å². The lowest BCUT2D eigenvalue weighted by atomic mass is 10.1. The van der Waals surface area contributed by atoms with Crippen LogP contribution in [0.4, 0.5) is 11.4 Å². The number of methoxy groups -OCH3 is 1. The maximum absolute atomic E-state index is 12.7. The number of hydrogen-bond donors (Lipinski definition) is 1. The summed E-state index contributed by atoms with van der Waals surface area (Å²) in [5.41, 5.74) is 2.72. The fraction of sp³-hybridized carbons (Fsp3) is 0.636. The highest BCUT2D eigenvalue weighted by molar-refractivity contribution is 5.91. The minimum atomic E-state index is -0.0676. The van der Waals surface area contributed by atoms with Gasteiger partial charge >= 0.3 is 0 Å². The SMILES string of the molecule is COCC(=O)N(Cc1cc(NC(=O)CC(C)C)ccc1N(C)C)C[C@H]1CCCO1. The Balaban J connectivity index is 2.22. The molecular formula is C22H35N3O4. The van der Waals surface area contributed by atoms with E-state index in [-0.39, 0.29) is 24.5 Å². The van der Waals surface area contributed by atoms with Gasteiger partial charge in [0.1, 0.15) is 6.61 Å². The summed E-state index contributed by atoms with van der Waals surface area (Å²) in [5.74, 6) is 0.223. The smallest absolute Gasteiger partial charge is 0.248 e. The molecular weight excluding hydrogens is 370 g/mol. The lowest BCUT2D eigenvalue weighted by molar-refractivity contribution is -0.137. The van der Waals surface area contributed by atoms with Crippen molar-refractivity contribution < 1.29 is 19.1 Å². The van der Waals surface area contributed by atoms with Crippen molar-refractivity contribution in [2.45, 2.75) is 45.8 Å². The second-order valence-corrected chi connectivity index (χ2v) is 8.23. The molecule has 1 aliphatic heterocycles. The maximum Gasteiger partial charge on any atom is 0.248 e. The van der Waals surface area contributed by atoms with Crippen LogP contribution >= 0.6 is 0 Å². The molecule has 2 amide bonds. The highest BCUT2D eigenvalue weighted by atomic mass is 16.5. The van der Waals surface area contributed by atoms with Gasteiger partial charge in [-0.25, -0.2) is 0 Å². The van der Waals surface area contributed by atoms with Crippen LogP contribution in [0.2, 0.25) is 0 Å². The predicted octanol–water partition coefficient (Wildman–Crippen LogP) is 2.89. The van der Waals surface area contributed by atoms with Crippen molar-refractivity contribution in [3.05, 3.63) is 23.8 Å². The molecule has 7 nitrogen and oxygen atoms in total. The molecule has 1 heterocycles. The van der Waals surface area contributed by atoms with Crippen LogP contribution in [0.5, 0.6) is 0 Å². The Labute approximate surface area is 174 Å². The Morgan fingerprint density at radius 1 is 1.31 bits per heavy atom. The van der Waals surface area contributed by atoms with Crippen molar-refractivity contribution >= 4 is 23.2 Å². The first-order valence-electron chi connectivity index (χ1n) is 10.3. The number of amides is 2. The zero-order valence-electron chi connectivity index (χ0n) is 18.4. The quantitative estimate of drug-likeness (QED) is 0.648. The van der Waals surface area contributed by atoms with Crippen molar-refractivity contribution in [2.75, 3.05) is 51.2 Å². The molecule has 0 saturated carbocycles. The number of carbonyl (C=O) groups excluding carboxylic acids is 2. The summed E-state index contributed by atoms with van der Waals surface area (Å²) in [4.78, 5) is 28.6. The van der Waals surface area contributed by atoms with Gasteiger partial charge in [-0.1, -0.05) is 13.8 Å². The molecule has 1 atom stereocenters. The van der Waals surface area contributed by atoms with Crippen LogP contribution in [-0.2, 0) is 25.6 Å². The van der Waals surface area contributed by atoms with Crippen LogP contribution in [0, 0.1) is 5.92 Å². The van der Waals surface area contributed by atoms with Gasteiger partial charge < -0.3 is 24.6 Å². The third kappa shape index (κ3) is 7.33. The summed E-state index contributed by atoms with van der Waals surface area (Å²) in [5, 5.41) is 2.97. The largest absolute Gasteiger partial charge is 0.377 e. The molecule has 1 N–H and O–H groups in total. The third-order valence-corrected chi connectivity index (χ3v) is 4.87. The highest BCUT2D eigenvalue weighted by Crippen LogP contribution is 2.26. The number of benzene rings is 1. The third-order valence-electron chi connectivity index (χ3n) is 4.87. The van der Waals surface area contributed by atoms with Gasteiger partial charge in [-0.2, -0.15) is 0 Å². The standard InChI is InChI=1S/C22H35N3O4/c1-16(2)11-21(26)23-18-8-9-20(24(3)4)17(12-18)13-25(22(27)15-28-5)14-19-7-6-10-29-19/h8-9,12,16,19H,6-7,10-11,13-15H2,1-5H3,(H,23,26)/t19-/m1/s1. The van der Waals surface area contributed by atoms with Crippen molar-refractivity contribution in [1.82, 2.24) is 4.90 Å². The molecule has 162 valence electrons. The van der Waals surface area contributed by atoms with E-state index in [1.807, 2.05) is 51.0 Å². The number of rotatable bonds is 10. The van der Waals surface area contributed by atoms with Crippen LogP contribution < -0.4 is 10.2 Å². The Morgan fingerprint density at radius 3 is 2.66 bits per heavy atom. The first-order valence-corrected chi connectivity index (χ1v) is 10.3. The van der Waals surface area contributed by atoms with E-state index in [0.717, 1.165) is 36.4 Å². The van der Waals surface area contributed by atoms with E-state index in [1.165, 1.54) is 7.11 Å². The minimum absolute atomic E-state index is 0.00442. The fourth-order valence-corrected chi connectivity index (χ4v) is 3.52. The first kappa shape index (κ1) is 23.2. The number of anilines is 2. The second kappa shape index (κ2) is 11.2. The van der Waals surface area contributed by atoms with Crippen LogP contribution in [0.25, 0.3) is 0 Å². The number of nitrogens with one attached hydrogen (secondary N) is 1. The Bertz CT molecular complexity index is 685. The molecule has 1 aromatic carbocycles. The van der Waals surface area contributed by atoms with E-state index >= 15 is 0 Å². The minimum Gasteiger partial charge on any atom is -0.377 e. The molecule has 0 bridgehead atoms. The molecule has 29 heavy (non-hydrogen) atoms. The lowest BCUT2D eigenvalue weighted by Gasteiger charge is -2.28. The van der Waals surface area contributed by atoms with E-state index in [9.17, 15) is 9.59 Å². The summed E-state index contributed by atoms with van der Waals surface area (Å²) >= 11 is 0. The van der Waals surface area contributed by atoms with E-state index < -0.39 is 0 Å². The van der Waals surface area contributed by atoms with Gasteiger partial charge in [0.2, 0.25) is 11.8 Å². The number of ether oxygens (including phenoxy) is 2. The Morgan fingerprint density at radius 2 is 2.07 bits per heavy atom. The van der Waals surface area contributed by atoms with Gasteiger partial charge in [0.25, 0.3) is 0 Å². The Kier molecular flexibility index (Phi) is 8.92. The molecule has 7 heteroatoms. The fourth-order valence-electron chi connectivity index (χ4n) is 3.52. The summed E-state index contributed by atoms with van der Waals surface area (Å²) in [7, 11) is 5.47. The molecule has 1 aliphatic rings. The lowest BCUT2D eigenvalue weighted by Crippen LogP contribution is -2.39. The van der Waals surface area contributed by atoms with Crippen LogP contribution in [0.15, 0.2) is 18.2 Å². The van der Waals surface area contributed by atoms with Gasteiger partial charge in [-0.3, -0.25) is 9.59 Å². The monoisotopic (exact) mass is 405 g/mol. The van der Waals surface area contributed by atoms with Crippen molar-refractivity contribution in [3.63, 3.8) is 0 Å². The predicted molar refractivity (Wildman–Crippen MR) is 115 cm³/mol. The van der Waals surface area contributed by atoms with Gasteiger partial charge in [-0.05, 0) is 42.5 Å². The summed E-state index contributed by atoms with van der Waals surface area (Å²) in [6, 6.07) is 5.83. The van der Waals surface area contributed by atoms with Crippen LogP contribution in [0.3, 0.4) is 0 Å². The first-order chi connectivity index (χ1) is 13.8. The van der Waals surface area contributed by atoms with E-state index in [2.05, 4.69) is 5.32 Å². The topological polar surface area (TPSA) is 71.1 Å². The molecule has 1 aromatic rings. The number of carbonyl (C=O) groups is 2. The zero-order valence-corrected chi connectivity index (χ0v) is 18.4. The molecule has 2 rings (SSSR count). The number of nitrogens with zero attached hydrogens (tertiary/aromatic N) is 2. The zero-order chi connectivity index (χ0) is 21.4. The average Bonchev–Trinajstić information content (AvgIpc) is 3.13. The van der Waals surface area contributed by atoms with Gasteiger partial charge in [0.05, 0.1) is 6.10 Å². The van der Waals surface area contributed by atoms with E-state index in [4.69, 9.17) is 9.47 Å². The van der Waals surface area contributed by atoms with Crippen molar-refractivity contribution in [3.8, 4) is 0 Å². The number of hydrogen-bond acceptors (Lipinski definition) is 5. The highest BCUT2D eigenvalue weighted by Gasteiger charge is 2.24. The molecule has 1 saturated heterocycles. The second-order valence-electron chi connectivity index (χ2n) is 8.23. The van der Waals surface area contributed by atoms with Crippen molar-refractivity contribution in [2.24, 2.45) is 5.92 Å². The Hall–Kier alpha value is -2.12. The van der Waals surface area contributed by atoms with Crippen LogP contribution in [0.1, 0.15) is 38.7 Å². The normalized spacial score (nSPS) is 16.1. The maximum atomic E-state index is 12.7. The van der Waals surface area contributed by atoms with Crippen molar-refractivity contribution in [1.29, 1.82) is 0 Å². The molecule has 0 aliphatic carbocycles. The average molecular weight is 406 g/mol. The summed E-state index contributed by atoms with van der Waals surface area (Å²) < 4.78 is 10.8.